The van der Waals surface area contributed by atoms with Gasteiger partial charge in [-0.1, -0.05) is 6.92 Å². The number of rotatable bonds is 3. The summed E-state index contributed by atoms with van der Waals surface area (Å²) < 4.78 is 0. The van der Waals surface area contributed by atoms with E-state index in [0.717, 1.165) is 6.42 Å². The normalized spacial score (nSPS) is 24.7. The molecule has 1 aliphatic rings. The summed E-state index contributed by atoms with van der Waals surface area (Å²) in [5.74, 6) is -0.0223. The van der Waals surface area contributed by atoms with Crippen LogP contribution in [0.5, 0.6) is 0 Å². The van der Waals surface area contributed by atoms with Crippen LogP contribution < -0.4 is 0 Å². The highest BCUT2D eigenvalue weighted by atomic mass is 16.7. The van der Waals surface area contributed by atoms with Crippen LogP contribution >= 0.6 is 0 Å². The van der Waals surface area contributed by atoms with Gasteiger partial charge in [-0.3, -0.25) is 9.63 Å². The van der Waals surface area contributed by atoms with Gasteiger partial charge in [0.15, 0.2) is 0 Å². The number of amides is 1. The van der Waals surface area contributed by atoms with Gasteiger partial charge < -0.3 is 5.11 Å². The Labute approximate surface area is 65.7 Å². The molecule has 1 aliphatic heterocycles. The Morgan fingerprint density at radius 2 is 2.55 bits per heavy atom. The zero-order chi connectivity index (χ0) is 8.27. The topological polar surface area (TPSA) is 49.8 Å². The van der Waals surface area contributed by atoms with Crippen molar-refractivity contribution in [3.8, 4) is 0 Å². The molecule has 4 nitrogen and oxygen atoms in total. The zero-order valence-corrected chi connectivity index (χ0v) is 6.62. The van der Waals surface area contributed by atoms with Gasteiger partial charge in [0, 0.05) is 0 Å². The van der Waals surface area contributed by atoms with Crippen molar-refractivity contribution in [3.05, 3.63) is 0 Å². The molecule has 0 radical (unpaired) electrons. The minimum Gasteiger partial charge on any atom is -0.394 e. The summed E-state index contributed by atoms with van der Waals surface area (Å²) in [5.41, 5.74) is 0. The third-order valence-corrected chi connectivity index (χ3v) is 1.72. The van der Waals surface area contributed by atoms with E-state index in [1.807, 2.05) is 6.92 Å². The van der Waals surface area contributed by atoms with Crippen molar-refractivity contribution in [3.63, 3.8) is 0 Å². The number of hydrogen-bond acceptors (Lipinski definition) is 3. The molecule has 1 fully saturated rings. The summed E-state index contributed by atoms with van der Waals surface area (Å²) in [6, 6.07) is 0. The van der Waals surface area contributed by atoms with Crippen LogP contribution in [0.15, 0.2) is 0 Å². The maximum absolute atomic E-state index is 11.0. The number of aliphatic hydroxyl groups excluding tert-OH is 1. The summed E-state index contributed by atoms with van der Waals surface area (Å²) in [6.45, 7) is 2.22. The second kappa shape index (κ2) is 3.69. The minimum atomic E-state index is -0.0395. The Balaban J connectivity index is 2.38. The van der Waals surface area contributed by atoms with Crippen LogP contribution in [0.2, 0.25) is 0 Å². The average molecular weight is 159 g/mol. The fourth-order valence-corrected chi connectivity index (χ4v) is 1.06. The van der Waals surface area contributed by atoms with E-state index in [9.17, 15) is 4.79 Å². The van der Waals surface area contributed by atoms with Gasteiger partial charge in [-0.15, -0.1) is 0 Å². The van der Waals surface area contributed by atoms with Gasteiger partial charge in [0.1, 0.15) is 0 Å². The molecule has 1 unspecified atom stereocenters. The molecule has 64 valence electrons. The maximum Gasteiger partial charge on any atom is 0.248 e. The number of β-amino-alcohol motifs (C(OH)–C–C–N with tert-alkyl or cyclic N) is 1. The van der Waals surface area contributed by atoms with Crippen molar-refractivity contribution in [1.82, 2.24) is 5.06 Å². The third kappa shape index (κ3) is 1.91. The fraction of sp³-hybridized carbons (Fsp3) is 0.857. The Morgan fingerprint density at radius 3 is 3.00 bits per heavy atom. The van der Waals surface area contributed by atoms with Gasteiger partial charge in [-0.25, -0.2) is 5.06 Å². The van der Waals surface area contributed by atoms with Crippen LogP contribution in [0.4, 0.5) is 0 Å². The van der Waals surface area contributed by atoms with Crippen LogP contribution in [0, 0.1) is 0 Å². The van der Waals surface area contributed by atoms with E-state index in [1.165, 1.54) is 5.06 Å². The highest BCUT2D eigenvalue weighted by Crippen LogP contribution is 2.16. The third-order valence-electron chi connectivity index (χ3n) is 1.72. The first-order chi connectivity index (χ1) is 5.27. The molecule has 11 heavy (non-hydrogen) atoms. The summed E-state index contributed by atoms with van der Waals surface area (Å²) in [4.78, 5) is 16.2. The van der Waals surface area contributed by atoms with Crippen LogP contribution in [0.1, 0.15) is 19.8 Å². The van der Waals surface area contributed by atoms with Gasteiger partial charge in [0.2, 0.25) is 5.91 Å². The standard InChI is InChI=1S/C7H13NO3/c1-2-6-5-7(10)8(11-6)3-4-9/h6,9H,2-5H2,1H3. The van der Waals surface area contributed by atoms with Crippen molar-refractivity contribution >= 4 is 5.91 Å². The predicted octanol–water partition coefficient (Wildman–Crippen LogP) is -0.0788. The van der Waals surface area contributed by atoms with Gasteiger partial charge in [-0.2, -0.15) is 0 Å². The molecule has 0 aromatic heterocycles. The van der Waals surface area contributed by atoms with Crippen LogP contribution in [0.3, 0.4) is 0 Å². The maximum atomic E-state index is 11.0. The minimum absolute atomic E-state index is 0.0223. The van der Waals surface area contributed by atoms with E-state index in [1.54, 1.807) is 0 Å². The molecule has 0 bridgehead atoms. The van der Waals surface area contributed by atoms with E-state index in [4.69, 9.17) is 9.94 Å². The molecule has 1 amide bonds. The van der Waals surface area contributed by atoms with E-state index < -0.39 is 0 Å². The summed E-state index contributed by atoms with van der Waals surface area (Å²) in [6.07, 6.45) is 1.32. The molecule has 0 aromatic rings. The lowest BCUT2D eigenvalue weighted by atomic mass is 10.2. The van der Waals surface area contributed by atoms with Gasteiger partial charge in [-0.05, 0) is 6.42 Å². The summed E-state index contributed by atoms with van der Waals surface area (Å²) >= 11 is 0. The quantitative estimate of drug-likeness (QED) is 0.626. The Morgan fingerprint density at radius 1 is 1.82 bits per heavy atom. The van der Waals surface area contributed by atoms with Crippen molar-refractivity contribution in [2.24, 2.45) is 0 Å². The van der Waals surface area contributed by atoms with E-state index in [-0.39, 0.29) is 25.2 Å². The molecule has 0 aliphatic carbocycles. The zero-order valence-electron chi connectivity index (χ0n) is 6.62. The van der Waals surface area contributed by atoms with Crippen molar-refractivity contribution in [2.45, 2.75) is 25.9 Å². The molecule has 0 spiro atoms. The first-order valence-electron chi connectivity index (χ1n) is 3.86. The Kier molecular flexibility index (Phi) is 2.84. The van der Waals surface area contributed by atoms with Crippen LogP contribution in [-0.2, 0) is 9.63 Å². The SMILES string of the molecule is CCC1CC(=O)N(CCO)O1. The highest BCUT2D eigenvalue weighted by molar-refractivity contribution is 5.77. The lowest BCUT2D eigenvalue weighted by Gasteiger charge is -2.13. The molecule has 1 rings (SSSR count). The lowest BCUT2D eigenvalue weighted by molar-refractivity contribution is -0.175. The van der Waals surface area contributed by atoms with Gasteiger partial charge in [0.05, 0.1) is 25.7 Å². The monoisotopic (exact) mass is 159 g/mol. The largest absolute Gasteiger partial charge is 0.394 e. The Bertz CT molecular complexity index is 149. The lowest BCUT2D eigenvalue weighted by Crippen LogP contribution is -2.26. The van der Waals surface area contributed by atoms with Crippen molar-refractivity contribution in [2.75, 3.05) is 13.2 Å². The summed E-state index contributed by atoms with van der Waals surface area (Å²) in [7, 11) is 0. The van der Waals surface area contributed by atoms with E-state index in [0.29, 0.717) is 6.42 Å². The molecule has 0 saturated carbocycles. The number of nitrogens with zero attached hydrogens (tertiary/aromatic N) is 1. The molecule has 4 heteroatoms. The highest BCUT2D eigenvalue weighted by Gasteiger charge is 2.28. The Hall–Kier alpha value is -0.610. The molecular weight excluding hydrogens is 146 g/mol. The van der Waals surface area contributed by atoms with Crippen LogP contribution in [0.25, 0.3) is 0 Å². The molecular formula is C7H13NO3. The second-order valence-electron chi connectivity index (χ2n) is 2.56. The molecule has 1 N–H and O–H groups in total. The molecule has 0 aromatic carbocycles. The van der Waals surface area contributed by atoms with Crippen molar-refractivity contribution in [1.29, 1.82) is 0 Å². The van der Waals surface area contributed by atoms with E-state index >= 15 is 0 Å². The molecule has 1 saturated heterocycles. The first kappa shape index (κ1) is 8.49. The first-order valence-corrected chi connectivity index (χ1v) is 3.86. The number of hydroxylamine groups is 2. The number of carbonyl (C=O) groups is 1. The number of carbonyl (C=O) groups excluding carboxylic acids is 1. The molecule has 1 heterocycles. The van der Waals surface area contributed by atoms with Crippen LogP contribution in [-0.4, -0.2) is 35.3 Å². The number of aliphatic hydroxyl groups is 1. The van der Waals surface area contributed by atoms with Gasteiger partial charge in [0.25, 0.3) is 0 Å². The summed E-state index contributed by atoms with van der Waals surface area (Å²) in [5, 5.41) is 9.77. The fourth-order valence-electron chi connectivity index (χ4n) is 1.06. The van der Waals surface area contributed by atoms with E-state index in [2.05, 4.69) is 0 Å². The molecule has 1 atom stereocenters. The van der Waals surface area contributed by atoms with Gasteiger partial charge >= 0.3 is 0 Å². The second-order valence-corrected chi connectivity index (χ2v) is 2.56. The van der Waals surface area contributed by atoms with Crippen molar-refractivity contribution < 1.29 is 14.7 Å². The predicted molar refractivity (Wildman–Crippen MR) is 38.6 cm³/mol. The smallest absolute Gasteiger partial charge is 0.248 e. The number of hydrogen-bond donors (Lipinski definition) is 1. The average Bonchev–Trinajstić information content (AvgIpc) is 2.33.